The lowest BCUT2D eigenvalue weighted by Gasteiger charge is -2.44. The number of nitrogens with zero attached hydrogens (tertiary/aromatic N) is 2. The van der Waals surface area contributed by atoms with Crippen molar-refractivity contribution in [3.05, 3.63) is 29.3 Å². The molecule has 0 radical (unpaired) electrons. The van der Waals surface area contributed by atoms with Crippen LogP contribution in [-0.4, -0.2) is 13.1 Å². The average molecular weight is 256 g/mol. The third-order valence-corrected chi connectivity index (χ3v) is 4.48. The maximum atomic E-state index is 9.03. The molecule has 1 saturated heterocycles. The lowest BCUT2D eigenvalue weighted by Crippen LogP contribution is -2.44. The molecule has 1 aliphatic heterocycles. The molecule has 0 amide bonds. The van der Waals surface area contributed by atoms with E-state index in [1.807, 2.05) is 0 Å². The van der Waals surface area contributed by atoms with Gasteiger partial charge in [-0.25, -0.2) is 0 Å². The van der Waals surface area contributed by atoms with Crippen LogP contribution in [0.5, 0.6) is 0 Å². The van der Waals surface area contributed by atoms with Gasteiger partial charge in [0.15, 0.2) is 0 Å². The van der Waals surface area contributed by atoms with Crippen molar-refractivity contribution < 1.29 is 0 Å². The predicted octanol–water partition coefficient (Wildman–Crippen LogP) is 4.07. The zero-order valence-corrected chi connectivity index (χ0v) is 12.5. The summed E-state index contributed by atoms with van der Waals surface area (Å²) in [6.45, 7) is 11.0. The van der Waals surface area contributed by atoms with Crippen molar-refractivity contribution in [3.63, 3.8) is 0 Å². The smallest absolute Gasteiger partial charge is 0.0625 e. The minimum atomic E-state index is 0.283. The van der Waals surface area contributed by atoms with E-state index in [4.69, 9.17) is 5.26 Å². The van der Waals surface area contributed by atoms with E-state index in [1.54, 1.807) is 0 Å². The highest BCUT2D eigenvalue weighted by Gasteiger charge is 2.35. The van der Waals surface area contributed by atoms with Crippen molar-refractivity contribution in [2.24, 2.45) is 11.3 Å². The molecule has 0 N–H and O–H groups in total. The second kappa shape index (κ2) is 5.25. The quantitative estimate of drug-likeness (QED) is 0.797. The van der Waals surface area contributed by atoms with Gasteiger partial charge in [-0.05, 0) is 54.9 Å². The van der Waals surface area contributed by atoms with E-state index >= 15 is 0 Å². The predicted molar refractivity (Wildman–Crippen MR) is 80.2 cm³/mol. The monoisotopic (exact) mass is 256 g/mol. The van der Waals surface area contributed by atoms with Crippen molar-refractivity contribution >= 4 is 5.69 Å². The maximum absolute atomic E-state index is 9.03. The standard InChI is InChI=1S/C17H24N2/c1-13-9-14(2)11-16(10-13)19-8-6-17(3,4)15(12-19)5-7-18/h9-11,15H,5-6,8,12H2,1-4H3. The van der Waals surface area contributed by atoms with E-state index in [0.717, 1.165) is 19.5 Å². The zero-order chi connectivity index (χ0) is 14.0. The van der Waals surface area contributed by atoms with Gasteiger partial charge in [-0.1, -0.05) is 19.9 Å². The first kappa shape index (κ1) is 13.9. The van der Waals surface area contributed by atoms with Crippen LogP contribution in [0.25, 0.3) is 0 Å². The highest BCUT2D eigenvalue weighted by atomic mass is 15.1. The lowest BCUT2D eigenvalue weighted by atomic mass is 9.72. The summed E-state index contributed by atoms with van der Waals surface area (Å²) >= 11 is 0. The highest BCUT2D eigenvalue weighted by molar-refractivity contribution is 5.51. The molecule has 1 aromatic carbocycles. The van der Waals surface area contributed by atoms with Crippen LogP contribution >= 0.6 is 0 Å². The van der Waals surface area contributed by atoms with Gasteiger partial charge in [-0.2, -0.15) is 5.26 Å². The molecule has 1 fully saturated rings. The van der Waals surface area contributed by atoms with Gasteiger partial charge in [0, 0.05) is 25.2 Å². The molecule has 2 rings (SSSR count). The number of benzene rings is 1. The van der Waals surface area contributed by atoms with E-state index < -0.39 is 0 Å². The average Bonchev–Trinajstić information content (AvgIpc) is 2.30. The van der Waals surface area contributed by atoms with Crippen LogP contribution in [0, 0.1) is 36.5 Å². The molecule has 102 valence electrons. The highest BCUT2D eigenvalue weighted by Crippen LogP contribution is 2.39. The molecular formula is C17H24N2. The molecule has 1 aliphatic rings. The van der Waals surface area contributed by atoms with Gasteiger partial charge in [0.2, 0.25) is 0 Å². The normalized spacial score (nSPS) is 22.1. The first-order valence-electron chi connectivity index (χ1n) is 7.12. The summed E-state index contributed by atoms with van der Waals surface area (Å²) in [4.78, 5) is 2.45. The second-order valence-electron chi connectivity index (χ2n) is 6.59. The summed E-state index contributed by atoms with van der Waals surface area (Å²) in [6, 6.07) is 9.09. The Bertz CT molecular complexity index is 476. The minimum absolute atomic E-state index is 0.283. The fraction of sp³-hybridized carbons (Fsp3) is 0.588. The Morgan fingerprint density at radius 1 is 1.26 bits per heavy atom. The van der Waals surface area contributed by atoms with Crippen molar-refractivity contribution in [1.29, 1.82) is 5.26 Å². The van der Waals surface area contributed by atoms with Gasteiger partial charge in [-0.15, -0.1) is 0 Å². The molecule has 2 nitrogen and oxygen atoms in total. The fourth-order valence-electron chi connectivity index (χ4n) is 3.05. The summed E-state index contributed by atoms with van der Waals surface area (Å²) in [5, 5.41) is 9.03. The van der Waals surface area contributed by atoms with Gasteiger partial charge in [-0.3, -0.25) is 0 Å². The lowest BCUT2D eigenvalue weighted by molar-refractivity contribution is 0.174. The molecule has 1 unspecified atom stereocenters. The number of rotatable bonds is 2. The Hall–Kier alpha value is -1.49. The number of hydrogen-bond acceptors (Lipinski definition) is 2. The number of hydrogen-bond donors (Lipinski definition) is 0. The molecule has 2 heteroatoms. The Kier molecular flexibility index (Phi) is 3.85. The summed E-state index contributed by atoms with van der Waals surface area (Å²) < 4.78 is 0. The molecule has 19 heavy (non-hydrogen) atoms. The van der Waals surface area contributed by atoms with Crippen LogP contribution in [0.4, 0.5) is 5.69 Å². The number of anilines is 1. The van der Waals surface area contributed by atoms with Crippen molar-refractivity contribution in [2.45, 2.75) is 40.5 Å². The number of aryl methyl sites for hydroxylation is 2. The van der Waals surface area contributed by atoms with Crippen LogP contribution in [-0.2, 0) is 0 Å². The molecule has 1 atom stereocenters. The van der Waals surface area contributed by atoms with Crippen molar-refractivity contribution in [3.8, 4) is 6.07 Å². The third-order valence-electron chi connectivity index (χ3n) is 4.48. The Labute approximate surface area is 117 Å². The third kappa shape index (κ3) is 3.10. The Morgan fingerprint density at radius 3 is 2.47 bits per heavy atom. The van der Waals surface area contributed by atoms with Gasteiger partial charge in [0.1, 0.15) is 0 Å². The van der Waals surface area contributed by atoms with E-state index in [-0.39, 0.29) is 5.41 Å². The first-order chi connectivity index (χ1) is 8.92. The molecule has 0 aromatic heterocycles. The van der Waals surface area contributed by atoms with Gasteiger partial charge < -0.3 is 4.90 Å². The molecule has 0 aliphatic carbocycles. The van der Waals surface area contributed by atoms with Crippen LogP contribution in [0.2, 0.25) is 0 Å². The van der Waals surface area contributed by atoms with E-state index in [2.05, 4.69) is 56.9 Å². The molecule has 0 saturated carbocycles. The van der Waals surface area contributed by atoms with Crippen molar-refractivity contribution in [1.82, 2.24) is 0 Å². The SMILES string of the molecule is Cc1cc(C)cc(N2CCC(C)(C)C(CC#N)C2)c1. The minimum Gasteiger partial charge on any atom is -0.371 e. The maximum Gasteiger partial charge on any atom is 0.0625 e. The van der Waals surface area contributed by atoms with E-state index in [9.17, 15) is 0 Å². The van der Waals surface area contributed by atoms with Crippen molar-refractivity contribution in [2.75, 3.05) is 18.0 Å². The number of nitriles is 1. The van der Waals surface area contributed by atoms with Crippen LogP contribution in [0.1, 0.15) is 37.8 Å². The molecule has 1 aromatic rings. The number of piperidine rings is 1. The zero-order valence-electron chi connectivity index (χ0n) is 12.5. The topological polar surface area (TPSA) is 27.0 Å². The summed E-state index contributed by atoms with van der Waals surface area (Å²) in [6.07, 6.45) is 1.82. The Balaban J connectivity index is 2.21. The van der Waals surface area contributed by atoms with Gasteiger partial charge >= 0.3 is 0 Å². The first-order valence-corrected chi connectivity index (χ1v) is 7.12. The Morgan fingerprint density at radius 2 is 1.89 bits per heavy atom. The second-order valence-corrected chi connectivity index (χ2v) is 6.59. The summed E-state index contributed by atoms with van der Waals surface area (Å²) in [5.41, 5.74) is 4.23. The summed E-state index contributed by atoms with van der Waals surface area (Å²) in [5.74, 6) is 0.465. The van der Waals surface area contributed by atoms with Gasteiger partial charge in [0.05, 0.1) is 6.07 Å². The van der Waals surface area contributed by atoms with Gasteiger partial charge in [0.25, 0.3) is 0 Å². The van der Waals surface area contributed by atoms with E-state index in [1.165, 1.54) is 16.8 Å². The van der Waals surface area contributed by atoms with Crippen LogP contribution in [0.3, 0.4) is 0 Å². The van der Waals surface area contributed by atoms with Crippen LogP contribution < -0.4 is 4.90 Å². The van der Waals surface area contributed by atoms with Crippen LogP contribution in [0.15, 0.2) is 18.2 Å². The molecule has 0 bridgehead atoms. The van der Waals surface area contributed by atoms with E-state index in [0.29, 0.717) is 12.3 Å². The molecular weight excluding hydrogens is 232 g/mol. The largest absolute Gasteiger partial charge is 0.371 e. The molecule has 1 heterocycles. The summed E-state index contributed by atoms with van der Waals surface area (Å²) in [7, 11) is 0. The fourth-order valence-corrected chi connectivity index (χ4v) is 3.05. The molecule has 0 spiro atoms.